The Morgan fingerprint density at radius 1 is 1.18 bits per heavy atom. The van der Waals surface area contributed by atoms with Crippen LogP contribution < -0.4 is 5.32 Å². The van der Waals surface area contributed by atoms with E-state index in [9.17, 15) is 0 Å². The first-order chi connectivity index (χ1) is 7.82. The molecule has 0 amide bonds. The molecule has 0 aromatic heterocycles. The first-order valence-corrected chi connectivity index (χ1v) is 6.63. The van der Waals surface area contributed by atoms with E-state index in [2.05, 4.69) is 45.1 Å². The third kappa shape index (κ3) is 1.90. The molecule has 2 heteroatoms. The highest BCUT2D eigenvalue weighted by molar-refractivity contribution is 6.30. The summed E-state index contributed by atoms with van der Waals surface area (Å²) in [5, 5.41) is 4.28. The summed E-state index contributed by atoms with van der Waals surface area (Å²) < 4.78 is 0. The highest BCUT2D eigenvalue weighted by atomic mass is 35.5. The Balaban J connectivity index is 2.31. The van der Waals surface area contributed by atoms with Gasteiger partial charge in [-0.3, -0.25) is 0 Å². The maximum Gasteiger partial charge on any atom is 0.0409 e. The van der Waals surface area contributed by atoms with Crippen LogP contribution in [0.2, 0.25) is 5.02 Å². The predicted molar refractivity (Wildman–Crippen MR) is 74.3 cm³/mol. The zero-order valence-electron chi connectivity index (χ0n) is 11.3. The van der Waals surface area contributed by atoms with E-state index < -0.39 is 0 Å². The third-order valence-electron chi connectivity index (χ3n) is 4.98. The molecule has 1 saturated carbocycles. The van der Waals surface area contributed by atoms with Crippen molar-refractivity contribution in [3.63, 3.8) is 0 Å². The average Bonchev–Trinajstić information content (AvgIpc) is 2.62. The first kappa shape index (κ1) is 12.9. The number of benzene rings is 1. The molecule has 2 rings (SSSR count). The van der Waals surface area contributed by atoms with Crippen molar-refractivity contribution >= 4 is 11.6 Å². The molecule has 1 nitrogen and oxygen atoms in total. The van der Waals surface area contributed by atoms with Crippen molar-refractivity contribution in [2.24, 2.45) is 16.7 Å². The largest absolute Gasteiger partial charge is 0.313 e. The molecule has 0 saturated heterocycles. The lowest BCUT2D eigenvalue weighted by Gasteiger charge is -2.19. The fourth-order valence-corrected chi connectivity index (χ4v) is 3.51. The zero-order chi connectivity index (χ0) is 12.8. The number of halogens is 1. The Morgan fingerprint density at radius 2 is 1.76 bits per heavy atom. The van der Waals surface area contributed by atoms with E-state index >= 15 is 0 Å². The molecule has 0 aliphatic heterocycles. The molecule has 1 aromatic rings. The molecule has 1 aliphatic carbocycles. The van der Waals surface area contributed by atoms with Crippen LogP contribution in [0.5, 0.6) is 0 Å². The van der Waals surface area contributed by atoms with E-state index in [1.165, 1.54) is 5.56 Å². The molecule has 1 N–H and O–H groups in total. The van der Waals surface area contributed by atoms with Gasteiger partial charge in [0.1, 0.15) is 0 Å². The van der Waals surface area contributed by atoms with Crippen molar-refractivity contribution in [3.8, 4) is 0 Å². The van der Waals surface area contributed by atoms with E-state index in [0.29, 0.717) is 22.8 Å². The number of hydrogen-bond donors (Lipinski definition) is 1. The Labute approximate surface area is 110 Å². The van der Waals surface area contributed by atoms with Crippen molar-refractivity contribution < 1.29 is 0 Å². The van der Waals surface area contributed by atoms with Gasteiger partial charge in [-0.05, 0) is 41.5 Å². The molecule has 1 unspecified atom stereocenters. The molecule has 0 heterocycles. The molecule has 1 aromatic carbocycles. The van der Waals surface area contributed by atoms with Gasteiger partial charge < -0.3 is 5.32 Å². The lowest BCUT2D eigenvalue weighted by Crippen LogP contribution is -2.21. The normalized spacial score (nSPS) is 23.4. The van der Waals surface area contributed by atoms with Gasteiger partial charge in [-0.25, -0.2) is 0 Å². The topological polar surface area (TPSA) is 12.0 Å². The van der Waals surface area contributed by atoms with Crippen LogP contribution in [0.1, 0.15) is 39.3 Å². The van der Waals surface area contributed by atoms with Gasteiger partial charge in [-0.2, -0.15) is 0 Å². The molecular weight excluding hydrogens is 230 g/mol. The van der Waals surface area contributed by atoms with Gasteiger partial charge in [0.15, 0.2) is 0 Å². The van der Waals surface area contributed by atoms with Gasteiger partial charge in [0.05, 0.1) is 0 Å². The minimum atomic E-state index is 0.378. The van der Waals surface area contributed by atoms with Crippen molar-refractivity contribution in [2.75, 3.05) is 7.05 Å². The highest BCUT2D eigenvalue weighted by Crippen LogP contribution is 2.72. The second-order valence-corrected chi connectivity index (χ2v) is 6.68. The van der Waals surface area contributed by atoms with Crippen LogP contribution in [0.3, 0.4) is 0 Å². The van der Waals surface area contributed by atoms with Crippen molar-refractivity contribution in [1.82, 2.24) is 5.32 Å². The third-order valence-corrected chi connectivity index (χ3v) is 5.22. The Hall–Kier alpha value is -0.530. The fraction of sp³-hybridized carbons (Fsp3) is 0.600. The van der Waals surface area contributed by atoms with Crippen molar-refractivity contribution in [1.29, 1.82) is 0 Å². The molecular formula is C15H22ClN. The van der Waals surface area contributed by atoms with E-state index in [1.54, 1.807) is 0 Å². The molecule has 1 fully saturated rings. The number of nitrogens with one attached hydrogen (secondary N) is 1. The predicted octanol–water partition coefficient (Wildman–Crippen LogP) is 4.28. The monoisotopic (exact) mass is 251 g/mol. The summed E-state index contributed by atoms with van der Waals surface area (Å²) in [4.78, 5) is 0. The Bertz CT molecular complexity index is 409. The van der Waals surface area contributed by atoms with Crippen LogP contribution in [0, 0.1) is 16.7 Å². The maximum atomic E-state index is 6.09. The quantitative estimate of drug-likeness (QED) is 0.846. The van der Waals surface area contributed by atoms with Crippen LogP contribution in [-0.4, -0.2) is 7.05 Å². The lowest BCUT2D eigenvalue weighted by atomic mass is 9.97. The summed E-state index contributed by atoms with van der Waals surface area (Å²) in [6, 6.07) is 8.59. The standard InChI is InChI=1S/C15H22ClN/c1-14(2)13(15(14,3)4)12(17-5)10-7-6-8-11(16)9-10/h6-9,12-13,17H,1-5H3. The second kappa shape index (κ2) is 4.00. The maximum absolute atomic E-state index is 6.09. The minimum absolute atomic E-state index is 0.378. The lowest BCUT2D eigenvalue weighted by molar-refractivity contribution is 0.438. The van der Waals surface area contributed by atoms with E-state index in [1.807, 2.05) is 19.2 Å². The molecule has 94 valence electrons. The summed E-state index contributed by atoms with van der Waals surface area (Å²) in [6.07, 6.45) is 0. The fourth-order valence-electron chi connectivity index (χ4n) is 3.31. The Kier molecular flexibility index (Phi) is 3.04. The second-order valence-electron chi connectivity index (χ2n) is 6.24. The van der Waals surface area contributed by atoms with Crippen LogP contribution in [0.25, 0.3) is 0 Å². The van der Waals surface area contributed by atoms with Gasteiger partial charge in [0, 0.05) is 11.1 Å². The molecule has 17 heavy (non-hydrogen) atoms. The molecule has 1 atom stereocenters. The van der Waals surface area contributed by atoms with E-state index in [-0.39, 0.29) is 0 Å². The van der Waals surface area contributed by atoms with Crippen molar-refractivity contribution in [3.05, 3.63) is 34.9 Å². The molecule has 0 spiro atoms. The Morgan fingerprint density at radius 3 is 2.18 bits per heavy atom. The van der Waals surface area contributed by atoms with E-state index in [4.69, 9.17) is 11.6 Å². The van der Waals surface area contributed by atoms with Crippen molar-refractivity contribution in [2.45, 2.75) is 33.7 Å². The smallest absolute Gasteiger partial charge is 0.0409 e. The summed E-state index contributed by atoms with van der Waals surface area (Å²) >= 11 is 6.09. The van der Waals surface area contributed by atoms with Gasteiger partial charge >= 0.3 is 0 Å². The van der Waals surface area contributed by atoms with Gasteiger partial charge in [0.2, 0.25) is 0 Å². The van der Waals surface area contributed by atoms with Gasteiger partial charge in [-0.15, -0.1) is 0 Å². The van der Waals surface area contributed by atoms with Crippen LogP contribution >= 0.6 is 11.6 Å². The molecule has 0 bridgehead atoms. The summed E-state index contributed by atoms with van der Waals surface area (Å²) in [7, 11) is 2.04. The number of hydrogen-bond acceptors (Lipinski definition) is 1. The molecule has 0 radical (unpaired) electrons. The van der Waals surface area contributed by atoms with Crippen LogP contribution in [0.15, 0.2) is 24.3 Å². The summed E-state index contributed by atoms with van der Waals surface area (Å²) in [5.74, 6) is 0.651. The van der Waals surface area contributed by atoms with Crippen LogP contribution in [0.4, 0.5) is 0 Å². The van der Waals surface area contributed by atoms with Crippen LogP contribution in [-0.2, 0) is 0 Å². The minimum Gasteiger partial charge on any atom is -0.313 e. The summed E-state index contributed by atoms with van der Waals surface area (Å²) in [5.41, 5.74) is 2.05. The van der Waals surface area contributed by atoms with E-state index in [0.717, 1.165) is 5.02 Å². The first-order valence-electron chi connectivity index (χ1n) is 6.25. The summed E-state index contributed by atoms with van der Waals surface area (Å²) in [6.45, 7) is 9.41. The average molecular weight is 252 g/mol. The molecule has 1 aliphatic rings. The van der Waals surface area contributed by atoms with Gasteiger partial charge in [-0.1, -0.05) is 51.4 Å². The SMILES string of the molecule is CNC(c1cccc(Cl)c1)C1C(C)(C)C1(C)C. The number of rotatable bonds is 3. The van der Waals surface area contributed by atoms with Gasteiger partial charge in [0.25, 0.3) is 0 Å². The highest BCUT2D eigenvalue weighted by Gasteiger charge is 2.67. The zero-order valence-corrected chi connectivity index (χ0v) is 12.1.